The molecule has 2 amide bonds. The molecule has 0 aromatic heterocycles. The summed E-state index contributed by atoms with van der Waals surface area (Å²) in [5, 5.41) is 12.7. The second-order valence-corrected chi connectivity index (χ2v) is 12.3. The van der Waals surface area contributed by atoms with Crippen LogP contribution in [-0.4, -0.2) is 58.5 Å². The number of ether oxygens (including phenoxy) is 1. The molecule has 0 radical (unpaired) electrons. The van der Waals surface area contributed by atoms with Gasteiger partial charge in [-0.2, -0.15) is 0 Å². The number of benzene rings is 2. The van der Waals surface area contributed by atoms with Crippen LogP contribution in [0.15, 0.2) is 48.5 Å². The number of carboxylic acids is 1. The molecular weight excluding hydrogens is 522 g/mol. The fourth-order valence-corrected chi connectivity index (χ4v) is 6.49. The predicted molar refractivity (Wildman–Crippen MR) is 154 cm³/mol. The Bertz CT molecular complexity index is 1300. The van der Waals surface area contributed by atoms with Gasteiger partial charge in [-0.3, -0.25) is 14.4 Å². The van der Waals surface area contributed by atoms with Gasteiger partial charge in [-0.15, -0.1) is 0 Å². The van der Waals surface area contributed by atoms with Gasteiger partial charge in [-0.05, 0) is 75.6 Å². The van der Waals surface area contributed by atoms with Crippen molar-refractivity contribution in [3.63, 3.8) is 0 Å². The number of carbonyl (C=O) groups excluding carboxylic acids is 3. The number of nitrogens with zero attached hydrogens (tertiary/aromatic N) is 1. The third-order valence-electron chi connectivity index (χ3n) is 8.14. The third-order valence-corrected chi connectivity index (χ3v) is 8.14. The first-order valence-electron chi connectivity index (χ1n) is 14.2. The smallest absolute Gasteiger partial charge is 0.407 e. The van der Waals surface area contributed by atoms with E-state index in [4.69, 9.17) is 10.5 Å². The second kappa shape index (κ2) is 12.0. The predicted octanol–water partition coefficient (Wildman–Crippen LogP) is 3.82. The highest BCUT2D eigenvalue weighted by Gasteiger charge is 2.61. The van der Waals surface area contributed by atoms with Crippen molar-refractivity contribution >= 4 is 23.8 Å². The summed E-state index contributed by atoms with van der Waals surface area (Å²) >= 11 is 0. The van der Waals surface area contributed by atoms with Crippen molar-refractivity contribution in [3.8, 4) is 0 Å². The molecular formula is C32H41N3O6. The zero-order valence-electron chi connectivity index (χ0n) is 24.3. The minimum absolute atomic E-state index is 0.138. The van der Waals surface area contributed by atoms with Gasteiger partial charge < -0.3 is 25.8 Å². The minimum Gasteiger partial charge on any atom is -0.481 e. The summed E-state index contributed by atoms with van der Waals surface area (Å²) in [5.74, 6) is -2.70. The van der Waals surface area contributed by atoms with Crippen molar-refractivity contribution in [1.82, 2.24) is 10.2 Å². The maximum Gasteiger partial charge on any atom is 0.407 e. The van der Waals surface area contributed by atoms with E-state index in [1.807, 2.05) is 69.3 Å². The number of carbonyl (C=O) groups is 4. The molecule has 2 unspecified atom stereocenters. The van der Waals surface area contributed by atoms with E-state index in [2.05, 4.69) is 5.32 Å². The molecule has 1 aliphatic carbocycles. The molecule has 220 valence electrons. The molecule has 1 heterocycles. The summed E-state index contributed by atoms with van der Waals surface area (Å²) in [6.07, 6.45) is 1.63. The average molecular weight is 564 g/mol. The van der Waals surface area contributed by atoms with E-state index in [0.717, 1.165) is 28.7 Å². The number of hydrogen-bond acceptors (Lipinski definition) is 6. The number of rotatable bonds is 10. The molecule has 4 N–H and O–H groups in total. The van der Waals surface area contributed by atoms with Crippen LogP contribution in [0, 0.1) is 11.3 Å². The van der Waals surface area contributed by atoms with Crippen LogP contribution in [0.25, 0.3) is 0 Å². The van der Waals surface area contributed by atoms with Crippen LogP contribution in [0.4, 0.5) is 4.79 Å². The highest BCUT2D eigenvalue weighted by atomic mass is 16.6. The van der Waals surface area contributed by atoms with E-state index in [1.165, 1.54) is 6.92 Å². The maximum absolute atomic E-state index is 14.0. The summed E-state index contributed by atoms with van der Waals surface area (Å²) in [6, 6.07) is 15.0. The van der Waals surface area contributed by atoms with Crippen molar-refractivity contribution in [2.45, 2.75) is 77.5 Å². The van der Waals surface area contributed by atoms with Gasteiger partial charge in [-0.1, -0.05) is 48.5 Å². The Balaban J connectivity index is 1.64. The number of hydrogen-bond donors (Lipinski definition) is 3. The number of ketones is 1. The molecule has 1 aliphatic heterocycles. The highest BCUT2D eigenvalue weighted by Crippen LogP contribution is 2.51. The van der Waals surface area contributed by atoms with Crippen LogP contribution < -0.4 is 11.1 Å². The van der Waals surface area contributed by atoms with Crippen molar-refractivity contribution in [3.05, 3.63) is 70.8 Å². The van der Waals surface area contributed by atoms with E-state index in [0.29, 0.717) is 25.8 Å². The average Bonchev–Trinajstić information content (AvgIpc) is 3.39. The lowest BCUT2D eigenvalue weighted by Crippen LogP contribution is -2.46. The minimum atomic E-state index is -1.52. The van der Waals surface area contributed by atoms with Gasteiger partial charge in [-0.25, -0.2) is 4.79 Å². The standard InChI is InChI=1S/C32H41N3O6/c1-20(36)27-28(23-13-12-22-16-25(17-24(22)15-23)34-30(40)41-31(2,3)4)35(14-8-11-21-9-6-5-7-10-21)29(39)32(27,19-33)18-26(37)38/h5-7,9-10,12-13,15,25,27-28H,8,11,14,16-19,33H2,1-4H3,(H,34,40)(H,37,38)/t25?,27?,28-,32-/m1/s1. The van der Waals surface area contributed by atoms with Gasteiger partial charge in [0, 0.05) is 19.1 Å². The molecule has 0 spiro atoms. The van der Waals surface area contributed by atoms with Crippen molar-refractivity contribution in [2.24, 2.45) is 17.1 Å². The molecule has 4 atom stereocenters. The van der Waals surface area contributed by atoms with Crippen LogP contribution in [0.2, 0.25) is 0 Å². The quantitative estimate of drug-likeness (QED) is 0.399. The number of alkyl carbamates (subject to hydrolysis) is 1. The summed E-state index contributed by atoms with van der Waals surface area (Å²) in [5.41, 5.74) is 8.02. The number of likely N-dealkylation sites (tertiary alicyclic amines) is 1. The number of aliphatic carboxylic acids is 1. The summed E-state index contributed by atoms with van der Waals surface area (Å²) in [6.45, 7) is 6.99. The molecule has 4 rings (SSSR count). The molecule has 9 nitrogen and oxygen atoms in total. The zero-order valence-corrected chi connectivity index (χ0v) is 24.3. The van der Waals surface area contributed by atoms with E-state index in [-0.39, 0.29) is 24.3 Å². The number of nitrogens with one attached hydrogen (secondary N) is 1. The largest absolute Gasteiger partial charge is 0.481 e. The first-order valence-corrected chi connectivity index (χ1v) is 14.2. The fourth-order valence-electron chi connectivity index (χ4n) is 6.49. The topological polar surface area (TPSA) is 139 Å². The van der Waals surface area contributed by atoms with Crippen LogP contribution >= 0.6 is 0 Å². The molecule has 0 bridgehead atoms. The van der Waals surface area contributed by atoms with Crippen molar-refractivity contribution in [1.29, 1.82) is 0 Å². The van der Waals surface area contributed by atoms with Gasteiger partial charge in [0.25, 0.3) is 0 Å². The Morgan fingerprint density at radius 3 is 2.39 bits per heavy atom. The number of aryl methyl sites for hydroxylation is 1. The molecule has 1 saturated heterocycles. The Morgan fingerprint density at radius 1 is 1.10 bits per heavy atom. The second-order valence-electron chi connectivity index (χ2n) is 12.3. The molecule has 1 fully saturated rings. The van der Waals surface area contributed by atoms with E-state index in [1.54, 1.807) is 4.90 Å². The lowest BCUT2D eigenvalue weighted by Gasteiger charge is -2.30. The first kappa shape index (κ1) is 30.2. The Kier molecular flexibility index (Phi) is 8.87. The zero-order chi connectivity index (χ0) is 29.9. The van der Waals surface area contributed by atoms with Crippen molar-refractivity contribution < 1.29 is 29.0 Å². The number of amides is 2. The maximum atomic E-state index is 14.0. The summed E-state index contributed by atoms with van der Waals surface area (Å²) in [7, 11) is 0. The van der Waals surface area contributed by atoms with Gasteiger partial charge >= 0.3 is 12.1 Å². The molecule has 0 saturated carbocycles. The molecule has 9 heteroatoms. The Hall–Kier alpha value is -3.72. The van der Waals surface area contributed by atoms with E-state index >= 15 is 0 Å². The van der Waals surface area contributed by atoms with Crippen LogP contribution in [0.1, 0.15) is 68.8 Å². The molecule has 41 heavy (non-hydrogen) atoms. The molecule has 2 aromatic rings. The van der Waals surface area contributed by atoms with Crippen molar-refractivity contribution in [2.75, 3.05) is 13.1 Å². The Labute approximate surface area is 241 Å². The van der Waals surface area contributed by atoms with Gasteiger partial charge in [0.05, 0.1) is 23.8 Å². The molecule has 2 aliphatic rings. The fraction of sp³-hybridized carbons (Fsp3) is 0.500. The lowest BCUT2D eigenvalue weighted by atomic mass is 9.69. The third kappa shape index (κ3) is 6.62. The number of Topliss-reactive ketones (excluding diaryl/α,β-unsaturated/α-hetero) is 1. The SMILES string of the molecule is CC(=O)C1[C@@H](c2ccc3c(c2)CC(NC(=O)OC(C)(C)C)C3)N(CCCc2ccccc2)C(=O)[C@@]1(CN)CC(=O)O. The number of fused-ring (bicyclic) bond motifs is 1. The van der Waals surface area contributed by atoms with Crippen LogP contribution in [-0.2, 0) is 38.4 Å². The van der Waals surface area contributed by atoms with Gasteiger partial charge in [0.15, 0.2) is 0 Å². The molecule has 2 aromatic carbocycles. The van der Waals surface area contributed by atoms with E-state index < -0.39 is 41.5 Å². The van der Waals surface area contributed by atoms with Crippen LogP contribution in [0.5, 0.6) is 0 Å². The number of nitrogens with two attached hydrogens (primary N) is 1. The monoisotopic (exact) mass is 563 g/mol. The summed E-state index contributed by atoms with van der Waals surface area (Å²) < 4.78 is 5.41. The van der Waals surface area contributed by atoms with Gasteiger partial charge in [0.2, 0.25) is 5.91 Å². The summed E-state index contributed by atoms with van der Waals surface area (Å²) in [4.78, 5) is 53.2. The first-order chi connectivity index (χ1) is 19.3. The number of carboxylic acid groups (broad SMARTS) is 1. The highest BCUT2D eigenvalue weighted by molar-refractivity contribution is 5.97. The van der Waals surface area contributed by atoms with Gasteiger partial charge in [0.1, 0.15) is 11.4 Å². The normalized spacial score (nSPS) is 23.8. The Morgan fingerprint density at radius 2 is 1.78 bits per heavy atom. The lowest BCUT2D eigenvalue weighted by molar-refractivity contribution is -0.148. The van der Waals surface area contributed by atoms with Crippen LogP contribution in [0.3, 0.4) is 0 Å². The van der Waals surface area contributed by atoms with E-state index in [9.17, 15) is 24.3 Å².